The Balaban J connectivity index is 1.38. The van der Waals surface area contributed by atoms with E-state index in [-0.39, 0.29) is 11.8 Å². The molecule has 1 saturated heterocycles. The van der Waals surface area contributed by atoms with Gasteiger partial charge in [0.05, 0.1) is 17.1 Å². The number of carbonyl (C=O) groups is 2. The summed E-state index contributed by atoms with van der Waals surface area (Å²) in [7, 11) is 0. The van der Waals surface area contributed by atoms with Crippen LogP contribution in [0.3, 0.4) is 0 Å². The van der Waals surface area contributed by atoms with E-state index in [1.54, 1.807) is 0 Å². The normalized spacial score (nSPS) is 17.2. The van der Waals surface area contributed by atoms with Crippen molar-refractivity contribution in [1.82, 2.24) is 10.2 Å². The average molecular weight is 526 g/mol. The number of aryl methyl sites for hydroxylation is 1. The molecule has 0 aliphatic carbocycles. The lowest BCUT2D eigenvalue weighted by Crippen LogP contribution is -2.36. The van der Waals surface area contributed by atoms with E-state index in [1.165, 1.54) is 37.4 Å². The Hall–Kier alpha value is -3.35. The van der Waals surface area contributed by atoms with Crippen LogP contribution in [0.15, 0.2) is 82.6 Å². The lowest BCUT2D eigenvalue weighted by atomic mass is 10.1. The van der Waals surface area contributed by atoms with Crippen LogP contribution in [0.1, 0.15) is 52.7 Å². The Morgan fingerprint density at radius 3 is 2.50 bits per heavy atom. The Morgan fingerprint density at radius 1 is 0.947 bits per heavy atom. The number of rotatable bonds is 7. The first kappa shape index (κ1) is 26.3. The second kappa shape index (κ2) is 12.5. The van der Waals surface area contributed by atoms with E-state index >= 15 is 0 Å². The summed E-state index contributed by atoms with van der Waals surface area (Å²) in [6.07, 6.45) is 7.03. The SMILES string of the molecule is Cc1cccc(CN2C(=O)/C(=C/c3ccccc3)Sc3ccc(C(=O)NCCN4CCCCCC4)cc32)c1. The smallest absolute Gasteiger partial charge is 0.265 e. The number of benzene rings is 3. The highest BCUT2D eigenvalue weighted by Crippen LogP contribution is 2.43. The van der Waals surface area contributed by atoms with Gasteiger partial charge in [0.25, 0.3) is 11.8 Å². The van der Waals surface area contributed by atoms with Gasteiger partial charge in [-0.15, -0.1) is 0 Å². The van der Waals surface area contributed by atoms with Crippen LogP contribution in [0, 0.1) is 6.92 Å². The van der Waals surface area contributed by atoms with Crippen molar-refractivity contribution < 1.29 is 9.59 Å². The summed E-state index contributed by atoms with van der Waals surface area (Å²) in [5.41, 5.74) is 4.56. The van der Waals surface area contributed by atoms with E-state index in [9.17, 15) is 9.59 Å². The summed E-state index contributed by atoms with van der Waals surface area (Å²) < 4.78 is 0. The number of nitrogens with one attached hydrogen (secondary N) is 1. The van der Waals surface area contributed by atoms with E-state index < -0.39 is 0 Å². The molecule has 0 atom stereocenters. The quantitative estimate of drug-likeness (QED) is 0.369. The monoisotopic (exact) mass is 525 g/mol. The van der Waals surface area contributed by atoms with Gasteiger partial charge in [0.2, 0.25) is 0 Å². The molecule has 3 aromatic rings. The molecule has 0 aromatic heterocycles. The molecule has 196 valence electrons. The van der Waals surface area contributed by atoms with Gasteiger partial charge in [-0.1, -0.05) is 84.8 Å². The predicted octanol–water partition coefficient (Wildman–Crippen LogP) is 6.28. The van der Waals surface area contributed by atoms with Crippen LogP contribution in [0.5, 0.6) is 0 Å². The van der Waals surface area contributed by atoms with E-state index in [0.29, 0.717) is 23.6 Å². The third-order valence-electron chi connectivity index (χ3n) is 7.12. The number of anilines is 1. The largest absolute Gasteiger partial charge is 0.351 e. The van der Waals surface area contributed by atoms with Gasteiger partial charge in [-0.3, -0.25) is 9.59 Å². The molecule has 2 aliphatic heterocycles. The maximum Gasteiger partial charge on any atom is 0.265 e. The molecule has 38 heavy (non-hydrogen) atoms. The fourth-order valence-electron chi connectivity index (χ4n) is 5.09. The van der Waals surface area contributed by atoms with E-state index in [1.807, 2.05) is 71.6 Å². The van der Waals surface area contributed by atoms with Crippen LogP contribution >= 0.6 is 11.8 Å². The molecule has 0 spiro atoms. The second-order valence-electron chi connectivity index (χ2n) is 10.1. The van der Waals surface area contributed by atoms with Crippen molar-refractivity contribution in [2.24, 2.45) is 0 Å². The molecule has 6 heteroatoms. The number of fused-ring (bicyclic) bond motifs is 1. The van der Waals surface area contributed by atoms with Crippen molar-refractivity contribution in [2.45, 2.75) is 44.0 Å². The molecule has 2 aliphatic rings. The molecule has 2 heterocycles. The summed E-state index contributed by atoms with van der Waals surface area (Å²) in [6, 6.07) is 23.8. The van der Waals surface area contributed by atoms with Crippen LogP contribution < -0.4 is 10.2 Å². The molecule has 0 radical (unpaired) electrons. The Morgan fingerprint density at radius 2 is 1.74 bits per heavy atom. The number of hydrogen-bond acceptors (Lipinski definition) is 4. The summed E-state index contributed by atoms with van der Waals surface area (Å²) in [5.74, 6) is -0.146. The van der Waals surface area contributed by atoms with Crippen molar-refractivity contribution in [2.75, 3.05) is 31.1 Å². The maximum atomic E-state index is 13.8. The van der Waals surface area contributed by atoms with Gasteiger partial charge in [0.15, 0.2) is 0 Å². The van der Waals surface area contributed by atoms with Crippen LogP contribution in [-0.2, 0) is 11.3 Å². The summed E-state index contributed by atoms with van der Waals surface area (Å²) >= 11 is 1.47. The van der Waals surface area contributed by atoms with Gasteiger partial charge >= 0.3 is 0 Å². The van der Waals surface area contributed by atoms with Crippen LogP contribution in [-0.4, -0.2) is 42.9 Å². The number of likely N-dealkylation sites (tertiary alicyclic amines) is 1. The van der Waals surface area contributed by atoms with E-state index in [0.717, 1.165) is 46.9 Å². The lowest BCUT2D eigenvalue weighted by molar-refractivity contribution is -0.114. The van der Waals surface area contributed by atoms with Gasteiger partial charge in [-0.05, 0) is 68.3 Å². The van der Waals surface area contributed by atoms with Gasteiger partial charge in [-0.25, -0.2) is 0 Å². The van der Waals surface area contributed by atoms with Crippen molar-refractivity contribution >= 4 is 35.3 Å². The molecule has 0 saturated carbocycles. The van der Waals surface area contributed by atoms with Gasteiger partial charge in [0.1, 0.15) is 0 Å². The molecule has 5 nitrogen and oxygen atoms in total. The van der Waals surface area contributed by atoms with Crippen molar-refractivity contribution in [3.8, 4) is 0 Å². The minimum atomic E-state index is -0.0961. The molecule has 2 amide bonds. The minimum Gasteiger partial charge on any atom is -0.351 e. The standard InChI is InChI=1S/C32H35N3O2S/c1-24-10-9-13-26(20-24)23-35-28-22-27(31(36)33-16-19-34-17-7-2-3-8-18-34)14-15-29(28)38-30(32(35)37)21-25-11-5-4-6-12-25/h4-6,9-15,20-22H,2-3,7-8,16-19,23H2,1H3,(H,33,36)/b30-21-. The third kappa shape index (κ3) is 6.55. The fraction of sp³-hybridized carbons (Fsp3) is 0.312. The molecular formula is C32H35N3O2S. The molecule has 5 rings (SSSR count). The summed E-state index contributed by atoms with van der Waals surface area (Å²) in [6.45, 7) is 6.22. The number of nitrogens with zero attached hydrogens (tertiary/aromatic N) is 2. The number of hydrogen-bond donors (Lipinski definition) is 1. The van der Waals surface area contributed by atoms with Gasteiger partial charge < -0.3 is 15.1 Å². The maximum absolute atomic E-state index is 13.8. The minimum absolute atomic E-state index is 0.0495. The zero-order chi connectivity index (χ0) is 26.3. The van der Waals surface area contributed by atoms with Gasteiger partial charge in [-0.2, -0.15) is 0 Å². The number of thioether (sulfide) groups is 1. The second-order valence-corrected chi connectivity index (χ2v) is 11.2. The van der Waals surface area contributed by atoms with Crippen molar-refractivity contribution in [3.05, 3.63) is 100.0 Å². The van der Waals surface area contributed by atoms with Crippen LogP contribution in [0.25, 0.3) is 6.08 Å². The third-order valence-corrected chi connectivity index (χ3v) is 8.20. The average Bonchev–Trinajstić information content (AvgIpc) is 3.20. The zero-order valence-electron chi connectivity index (χ0n) is 22.0. The lowest BCUT2D eigenvalue weighted by Gasteiger charge is -2.31. The molecule has 0 unspecified atom stereocenters. The van der Waals surface area contributed by atoms with E-state index in [4.69, 9.17) is 0 Å². The molecular weight excluding hydrogens is 490 g/mol. The van der Waals surface area contributed by atoms with Crippen LogP contribution in [0.4, 0.5) is 5.69 Å². The first-order valence-corrected chi connectivity index (χ1v) is 14.3. The summed E-state index contributed by atoms with van der Waals surface area (Å²) in [5, 5.41) is 3.10. The van der Waals surface area contributed by atoms with Crippen molar-refractivity contribution in [1.29, 1.82) is 0 Å². The molecule has 1 N–H and O–H groups in total. The highest BCUT2D eigenvalue weighted by molar-refractivity contribution is 8.04. The summed E-state index contributed by atoms with van der Waals surface area (Å²) in [4.78, 5) is 32.8. The topological polar surface area (TPSA) is 52.7 Å². The zero-order valence-corrected chi connectivity index (χ0v) is 22.8. The molecule has 0 bridgehead atoms. The Labute approximate surface area is 229 Å². The predicted molar refractivity (Wildman–Crippen MR) is 156 cm³/mol. The van der Waals surface area contributed by atoms with Crippen molar-refractivity contribution in [3.63, 3.8) is 0 Å². The highest BCUT2D eigenvalue weighted by Gasteiger charge is 2.30. The molecule has 1 fully saturated rings. The van der Waals surface area contributed by atoms with Gasteiger partial charge in [0, 0.05) is 23.5 Å². The Kier molecular flexibility index (Phi) is 8.61. The number of amides is 2. The molecule has 3 aromatic carbocycles. The van der Waals surface area contributed by atoms with Crippen LogP contribution in [0.2, 0.25) is 0 Å². The highest BCUT2D eigenvalue weighted by atomic mass is 32.2. The van der Waals surface area contributed by atoms with E-state index in [2.05, 4.69) is 29.3 Å². The first-order chi connectivity index (χ1) is 18.6. The first-order valence-electron chi connectivity index (χ1n) is 13.5. The Bertz CT molecular complexity index is 1310. The number of carbonyl (C=O) groups excluding carboxylic acids is 2. The fourth-order valence-corrected chi connectivity index (χ4v) is 6.13.